The molecule has 21 heavy (non-hydrogen) atoms. The van der Waals surface area contributed by atoms with Gasteiger partial charge in [0.05, 0.1) is 24.1 Å². The lowest BCUT2D eigenvalue weighted by atomic mass is 10.1. The van der Waals surface area contributed by atoms with Crippen molar-refractivity contribution in [2.24, 2.45) is 0 Å². The number of rotatable bonds is 4. The number of halogens is 3. The predicted octanol–water partition coefficient (Wildman–Crippen LogP) is 2.93. The maximum absolute atomic E-state index is 12.6. The van der Waals surface area contributed by atoms with E-state index in [9.17, 15) is 18.0 Å². The van der Waals surface area contributed by atoms with E-state index in [0.29, 0.717) is 5.56 Å². The molecule has 1 aromatic carbocycles. The lowest BCUT2D eigenvalue weighted by Gasteiger charge is -2.19. The smallest absolute Gasteiger partial charge is 0.379 e. The van der Waals surface area contributed by atoms with Gasteiger partial charge < -0.3 is 10.1 Å². The molecule has 0 radical (unpaired) electrons. The topological polar surface area (TPSA) is 38.3 Å². The third kappa shape index (κ3) is 4.20. The van der Waals surface area contributed by atoms with Crippen LogP contribution in [0.4, 0.5) is 13.2 Å². The first-order chi connectivity index (χ1) is 9.90. The number of alkyl halides is 3. The van der Waals surface area contributed by atoms with E-state index in [1.807, 2.05) is 0 Å². The van der Waals surface area contributed by atoms with E-state index >= 15 is 0 Å². The van der Waals surface area contributed by atoms with Crippen molar-refractivity contribution in [2.75, 3.05) is 7.11 Å². The van der Waals surface area contributed by atoms with Gasteiger partial charge in [0.1, 0.15) is 0 Å². The van der Waals surface area contributed by atoms with Gasteiger partial charge in [-0.05, 0) is 30.9 Å². The van der Waals surface area contributed by atoms with Gasteiger partial charge in [-0.3, -0.25) is 4.79 Å². The quantitative estimate of drug-likeness (QED) is 0.928. The van der Waals surface area contributed by atoms with Gasteiger partial charge in [-0.25, -0.2) is 0 Å². The second-order valence-corrected chi connectivity index (χ2v) is 5.25. The van der Waals surface area contributed by atoms with Crippen molar-refractivity contribution in [3.63, 3.8) is 0 Å². The molecule has 0 spiro atoms. The SMILES string of the molecule is CO[C@@H]1CCC[C@H]1NC(=O)Cc1cccc(C(F)(F)F)c1. The number of methoxy groups -OCH3 is 1. The van der Waals surface area contributed by atoms with Crippen molar-refractivity contribution in [2.45, 2.75) is 44.0 Å². The fourth-order valence-corrected chi connectivity index (χ4v) is 2.67. The van der Waals surface area contributed by atoms with Crippen molar-refractivity contribution < 1.29 is 22.7 Å². The number of hydrogen-bond acceptors (Lipinski definition) is 2. The maximum Gasteiger partial charge on any atom is 0.416 e. The van der Waals surface area contributed by atoms with Crippen molar-refractivity contribution >= 4 is 5.91 Å². The standard InChI is InChI=1S/C15H18F3NO2/c1-21-13-7-3-6-12(13)19-14(20)9-10-4-2-5-11(8-10)15(16,17)18/h2,4-5,8,12-13H,3,6-7,9H2,1H3,(H,19,20)/t12-,13-/m1/s1. The number of amides is 1. The molecule has 3 nitrogen and oxygen atoms in total. The monoisotopic (exact) mass is 301 g/mol. The summed E-state index contributed by atoms with van der Waals surface area (Å²) in [5, 5.41) is 2.84. The number of benzene rings is 1. The van der Waals surface area contributed by atoms with Gasteiger partial charge in [0.2, 0.25) is 5.91 Å². The van der Waals surface area contributed by atoms with E-state index in [0.717, 1.165) is 31.4 Å². The van der Waals surface area contributed by atoms with E-state index in [1.54, 1.807) is 7.11 Å². The van der Waals surface area contributed by atoms with Gasteiger partial charge >= 0.3 is 6.18 Å². The van der Waals surface area contributed by atoms with Gasteiger partial charge in [0.15, 0.2) is 0 Å². The maximum atomic E-state index is 12.6. The largest absolute Gasteiger partial charge is 0.416 e. The molecule has 1 aliphatic rings. The van der Waals surface area contributed by atoms with Crippen LogP contribution in [0.1, 0.15) is 30.4 Å². The molecule has 0 bridgehead atoms. The number of carbonyl (C=O) groups is 1. The predicted molar refractivity (Wildman–Crippen MR) is 71.7 cm³/mol. The first-order valence-electron chi connectivity index (χ1n) is 6.88. The molecular formula is C15H18F3NO2. The van der Waals surface area contributed by atoms with Crippen LogP contribution >= 0.6 is 0 Å². The van der Waals surface area contributed by atoms with Crippen LogP contribution in [0.3, 0.4) is 0 Å². The third-order valence-corrected chi connectivity index (χ3v) is 3.72. The molecule has 6 heteroatoms. The number of nitrogens with one attached hydrogen (secondary N) is 1. The highest BCUT2D eigenvalue weighted by Crippen LogP contribution is 2.29. The Bertz CT molecular complexity index is 502. The van der Waals surface area contributed by atoms with Crippen LogP contribution in [-0.4, -0.2) is 25.2 Å². The Kier molecular flexibility index (Phi) is 4.88. The van der Waals surface area contributed by atoms with Gasteiger partial charge in [0, 0.05) is 7.11 Å². The molecule has 1 aromatic rings. The van der Waals surface area contributed by atoms with Gasteiger partial charge in [-0.2, -0.15) is 13.2 Å². The van der Waals surface area contributed by atoms with Crippen molar-refractivity contribution in [3.05, 3.63) is 35.4 Å². The van der Waals surface area contributed by atoms with Crippen LogP contribution in [0.5, 0.6) is 0 Å². The fourth-order valence-electron chi connectivity index (χ4n) is 2.67. The Morgan fingerprint density at radius 3 is 2.81 bits per heavy atom. The molecule has 1 saturated carbocycles. The zero-order chi connectivity index (χ0) is 15.5. The minimum Gasteiger partial charge on any atom is -0.379 e. The van der Waals surface area contributed by atoms with Crippen LogP contribution in [0.15, 0.2) is 24.3 Å². The average Bonchev–Trinajstić information content (AvgIpc) is 2.85. The van der Waals surface area contributed by atoms with E-state index in [2.05, 4.69) is 5.32 Å². The molecule has 1 N–H and O–H groups in total. The summed E-state index contributed by atoms with van der Waals surface area (Å²) in [6.07, 6.45) is -1.74. The number of ether oxygens (including phenoxy) is 1. The zero-order valence-electron chi connectivity index (χ0n) is 11.7. The molecule has 0 aliphatic heterocycles. The first-order valence-corrected chi connectivity index (χ1v) is 6.88. The Morgan fingerprint density at radius 2 is 2.14 bits per heavy atom. The third-order valence-electron chi connectivity index (χ3n) is 3.72. The number of hydrogen-bond donors (Lipinski definition) is 1. The van der Waals surface area contributed by atoms with Crippen molar-refractivity contribution in [3.8, 4) is 0 Å². The molecule has 116 valence electrons. The van der Waals surface area contributed by atoms with E-state index in [4.69, 9.17) is 4.74 Å². The molecule has 1 aliphatic carbocycles. The van der Waals surface area contributed by atoms with Crippen LogP contribution in [0.2, 0.25) is 0 Å². The summed E-state index contributed by atoms with van der Waals surface area (Å²) in [6, 6.07) is 4.81. The Balaban J connectivity index is 1.97. The highest BCUT2D eigenvalue weighted by Gasteiger charge is 2.31. The molecule has 0 heterocycles. The van der Waals surface area contributed by atoms with Gasteiger partial charge in [-0.15, -0.1) is 0 Å². The minimum absolute atomic E-state index is 0.00420. The van der Waals surface area contributed by atoms with Crippen molar-refractivity contribution in [1.82, 2.24) is 5.32 Å². The summed E-state index contributed by atoms with van der Waals surface area (Å²) in [4.78, 5) is 11.9. The lowest BCUT2D eigenvalue weighted by molar-refractivity contribution is -0.137. The average molecular weight is 301 g/mol. The number of carbonyl (C=O) groups excluding carboxylic acids is 1. The fraction of sp³-hybridized carbons (Fsp3) is 0.533. The van der Waals surface area contributed by atoms with Crippen molar-refractivity contribution in [1.29, 1.82) is 0 Å². The summed E-state index contributed by atoms with van der Waals surface area (Å²) in [7, 11) is 1.60. The summed E-state index contributed by atoms with van der Waals surface area (Å²) in [5.41, 5.74) is -0.377. The van der Waals surface area contributed by atoms with Crippen LogP contribution in [0, 0.1) is 0 Å². The lowest BCUT2D eigenvalue weighted by Crippen LogP contribution is -2.41. The Morgan fingerprint density at radius 1 is 1.38 bits per heavy atom. The minimum atomic E-state index is -4.39. The van der Waals surface area contributed by atoms with E-state index in [1.165, 1.54) is 12.1 Å². The Hall–Kier alpha value is -1.56. The van der Waals surface area contributed by atoms with Gasteiger partial charge in [0.25, 0.3) is 0 Å². The van der Waals surface area contributed by atoms with E-state index < -0.39 is 11.7 Å². The molecule has 2 rings (SSSR count). The van der Waals surface area contributed by atoms with E-state index in [-0.39, 0.29) is 24.5 Å². The Labute approximate surface area is 121 Å². The highest BCUT2D eigenvalue weighted by atomic mass is 19.4. The summed E-state index contributed by atoms with van der Waals surface area (Å²) in [6.45, 7) is 0. The summed E-state index contributed by atoms with van der Waals surface area (Å²) in [5.74, 6) is -0.275. The summed E-state index contributed by atoms with van der Waals surface area (Å²) >= 11 is 0. The molecule has 0 saturated heterocycles. The molecule has 1 amide bonds. The zero-order valence-corrected chi connectivity index (χ0v) is 11.7. The van der Waals surface area contributed by atoms with Crippen LogP contribution in [-0.2, 0) is 22.1 Å². The van der Waals surface area contributed by atoms with Crippen LogP contribution < -0.4 is 5.32 Å². The molecule has 2 atom stereocenters. The first kappa shape index (κ1) is 15.8. The highest BCUT2D eigenvalue weighted by molar-refractivity contribution is 5.79. The molecular weight excluding hydrogens is 283 g/mol. The second kappa shape index (κ2) is 6.47. The molecule has 1 fully saturated rings. The molecule has 0 unspecified atom stereocenters. The van der Waals surface area contributed by atoms with Crippen LogP contribution in [0.25, 0.3) is 0 Å². The van der Waals surface area contributed by atoms with Gasteiger partial charge in [-0.1, -0.05) is 18.2 Å². The summed E-state index contributed by atoms with van der Waals surface area (Å²) < 4.78 is 43.1. The normalized spacial score (nSPS) is 22.3. The molecule has 0 aromatic heterocycles. The second-order valence-electron chi connectivity index (χ2n) is 5.25.